The molecule has 4 nitrogen and oxygen atoms in total. The number of thioether (sulfide) groups is 1. The number of hydrogen-bond acceptors (Lipinski definition) is 3. The van der Waals surface area contributed by atoms with E-state index in [1.54, 1.807) is 7.11 Å². The van der Waals surface area contributed by atoms with E-state index in [0.717, 1.165) is 44.2 Å². The summed E-state index contributed by atoms with van der Waals surface area (Å²) in [6.45, 7) is 6.80. The number of nitrogens with one attached hydrogen (secondary N) is 2. The lowest BCUT2D eigenvalue weighted by Gasteiger charge is -2.13. The highest BCUT2D eigenvalue weighted by molar-refractivity contribution is 14.0. The molecule has 0 amide bonds. The largest absolute Gasteiger partial charge is 0.496 e. The van der Waals surface area contributed by atoms with Crippen molar-refractivity contribution >= 4 is 41.7 Å². The van der Waals surface area contributed by atoms with Crippen LogP contribution in [0.2, 0.25) is 0 Å². The van der Waals surface area contributed by atoms with E-state index in [1.165, 1.54) is 23.3 Å². The van der Waals surface area contributed by atoms with Crippen molar-refractivity contribution in [3.63, 3.8) is 0 Å². The number of nitrogens with zero attached hydrogens (tertiary/aromatic N) is 1. The van der Waals surface area contributed by atoms with Crippen molar-refractivity contribution in [1.82, 2.24) is 10.6 Å². The highest BCUT2D eigenvalue weighted by Gasteiger charge is 2.04. The molecule has 0 saturated carbocycles. The molecular weight excluding hydrogens is 433 g/mol. The third-order valence-corrected chi connectivity index (χ3v) is 4.19. The number of halogens is 1. The van der Waals surface area contributed by atoms with Crippen LogP contribution in [0.1, 0.15) is 30.9 Å². The minimum atomic E-state index is 0. The van der Waals surface area contributed by atoms with Gasteiger partial charge in [0.05, 0.1) is 7.11 Å². The molecule has 0 radical (unpaired) electrons. The molecule has 0 atom stereocenters. The Balaban J connectivity index is 0.00000529. The third kappa shape index (κ3) is 9.61. The lowest BCUT2D eigenvalue weighted by molar-refractivity contribution is 0.409. The zero-order valence-corrected chi connectivity index (χ0v) is 18.5. The molecule has 138 valence electrons. The van der Waals surface area contributed by atoms with Crippen molar-refractivity contribution in [2.24, 2.45) is 4.99 Å². The molecule has 0 aliphatic heterocycles. The van der Waals surface area contributed by atoms with Gasteiger partial charge in [0, 0.05) is 19.6 Å². The molecule has 0 aromatic heterocycles. The number of hydrogen-bond donors (Lipinski definition) is 2. The molecule has 0 spiro atoms. The minimum absolute atomic E-state index is 0. The molecule has 2 N–H and O–H groups in total. The van der Waals surface area contributed by atoms with Crippen molar-refractivity contribution in [3.8, 4) is 5.75 Å². The van der Waals surface area contributed by atoms with Gasteiger partial charge in [-0.2, -0.15) is 11.8 Å². The van der Waals surface area contributed by atoms with Crippen LogP contribution >= 0.6 is 35.7 Å². The van der Waals surface area contributed by atoms with Crippen LogP contribution in [0.3, 0.4) is 0 Å². The van der Waals surface area contributed by atoms with Gasteiger partial charge in [0.1, 0.15) is 5.75 Å². The second kappa shape index (κ2) is 14.7. The molecule has 1 rings (SSSR count). The second-order valence-electron chi connectivity index (χ2n) is 5.45. The molecule has 0 aliphatic rings. The number of unbranched alkanes of at least 4 members (excludes halogenated alkanes) is 1. The van der Waals surface area contributed by atoms with Gasteiger partial charge in [-0.1, -0.05) is 17.7 Å². The fourth-order valence-electron chi connectivity index (χ4n) is 2.31. The average molecular weight is 465 g/mol. The van der Waals surface area contributed by atoms with Crippen LogP contribution in [-0.2, 0) is 6.42 Å². The van der Waals surface area contributed by atoms with Crippen molar-refractivity contribution in [2.45, 2.75) is 33.1 Å². The van der Waals surface area contributed by atoms with Crippen LogP contribution in [-0.4, -0.2) is 44.7 Å². The fourth-order valence-corrected chi connectivity index (χ4v) is 2.80. The number of methoxy groups -OCH3 is 1. The first-order chi connectivity index (χ1) is 11.2. The van der Waals surface area contributed by atoms with Gasteiger partial charge in [0.2, 0.25) is 0 Å². The molecule has 24 heavy (non-hydrogen) atoms. The first-order valence-corrected chi connectivity index (χ1v) is 9.75. The van der Waals surface area contributed by atoms with E-state index in [-0.39, 0.29) is 24.0 Å². The molecule has 0 unspecified atom stereocenters. The Morgan fingerprint density at radius 1 is 1.25 bits per heavy atom. The van der Waals surface area contributed by atoms with E-state index in [9.17, 15) is 0 Å². The lowest BCUT2D eigenvalue weighted by atomic mass is 10.1. The maximum absolute atomic E-state index is 5.43. The van der Waals surface area contributed by atoms with Gasteiger partial charge >= 0.3 is 0 Å². The third-order valence-electron chi connectivity index (χ3n) is 3.49. The van der Waals surface area contributed by atoms with Crippen molar-refractivity contribution < 1.29 is 4.74 Å². The van der Waals surface area contributed by atoms with Gasteiger partial charge in [0.15, 0.2) is 5.96 Å². The average Bonchev–Trinajstić information content (AvgIpc) is 2.55. The van der Waals surface area contributed by atoms with Gasteiger partial charge < -0.3 is 15.4 Å². The number of aliphatic imine (C=N–C) groups is 1. The van der Waals surface area contributed by atoms with Crippen LogP contribution in [0, 0.1) is 6.92 Å². The Kier molecular flexibility index (Phi) is 14.3. The molecule has 0 heterocycles. The number of benzene rings is 1. The summed E-state index contributed by atoms with van der Waals surface area (Å²) >= 11 is 1.90. The number of rotatable bonds is 10. The van der Waals surface area contributed by atoms with Gasteiger partial charge in [-0.15, -0.1) is 24.0 Å². The Hall–Kier alpha value is -0.630. The molecule has 1 aromatic carbocycles. The van der Waals surface area contributed by atoms with E-state index in [1.807, 2.05) is 17.8 Å². The summed E-state index contributed by atoms with van der Waals surface area (Å²) in [5.74, 6) is 3.08. The molecular formula is C18H32IN3OS. The maximum atomic E-state index is 5.43. The summed E-state index contributed by atoms with van der Waals surface area (Å²) in [6, 6.07) is 6.30. The van der Waals surface area contributed by atoms with Gasteiger partial charge in [-0.25, -0.2) is 0 Å². The van der Waals surface area contributed by atoms with Crippen molar-refractivity contribution in [3.05, 3.63) is 29.3 Å². The van der Waals surface area contributed by atoms with E-state index >= 15 is 0 Å². The first-order valence-electron chi connectivity index (χ1n) is 8.35. The number of ether oxygens (including phenoxy) is 1. The number of guanidine groups is 1. The Morgan fingerprint density at radius 3 is 2.71 bits per heavy atom. The highest BCUT2D eigenvalue weighted by atomic mass is 127. The van der Waals surface area contributed by atoms with Crippen molar-refractivity contribution in [1.29, 1.82) is 0 Å². The monoisotopic (exact) mass is 465 g/mol. The van der Waals surface area contributed by atoms with Crippen LogP contribution in [0.15, 0.2) is 23.2 Å². The van der Waals surface area contributed by atoms with Gasteiger partial charge in [-0.3, -0.25) is 4.99 Å². The van der Waals surface area contributed by atoms with E-state index in [2.05, 4.69) is 47.9 Å². The number of aryl methyl sites for hydroxylation is 1. The minimum Gasteiger partial charge on any atom is -0.496 e. The quantitative estimate of drug-likeness (QED) is 0.239. The maximum Gasteiger partial charge on any atom is 0.191 e. The van der Waals surface area contributed by atoms with Crippen LogP contribution in [0.4, 0.5) is 0 Å². The predicted molar refractivity (Wildman–Crippen MR) is 118 cm³/mol. The van der Waals surface area contributed by atoms with E-state index in [0.29, 0.717) is 0 Å². The summed E-state index contributed by atoms with van der Waals surface area (Å²) in [4.78, 5) is 4.63. The van der Waals surface area contributed by atoms with Crippen molar-refractivity contribution in [2.75, 3.05) is 38.8 Å². The smallest absolute Gasteiger partial charge is 0.191 e. The summed E-state index contributed by atoms with van der Waals surface area (Å²) < 4.78 is 5.43. The Morgan fingerprint density at radius 2 is 2.04 bits per heavy atom. The SMILES string of the molecule is CCNC(=NCCCCSC)NCCc1cc(C)ccc1OC.I. The van der Waals surface area contributed by atoms with Gasteiger partial charge in [0.25, 0.3) is 0 Å². The Bertz CT molecular complexity index is 483. The molecule has 0 saturated heterocycles. The van der Waals surface area contributed by atoms with Crippen LogP contribution in [0.5, 0.6) is 5.75 Å². The molecule has 0 bridgehead atoms. The van der Waals surface area contributed by atoms with E-state index < -0.39 is 0 Å². The summed E-state index contributed by atoms with van der Waals surface area (Å²) in [5, 5.41) is 6.71. The molecule has 0 fully saturated rings. The van der Waals surface area contributed by atoms with Crippen LogP contribution < -0.4 is 15.4 Å². The molecule has 1 aromatic rings. The summed E-state index contributed by atoms with van der Waals surface area (Å²) in [6.07, 6.45) is 5.43. The normalized spacial score (nSPS) is 10.9. The zero-order valence-electron chi connectivity index (χ0n) is 15.4. The summed E-state index contributed by atoms with van der Waals surface area (Å²) in [7, 11) is 1.72. The molecule has 0 aliphatic carbocycles. The lowest BCUT2D eigenvalue weighted by Crippen LogP contribution is -2.38. The predicted octanol–water partition coefficient (Wildman–Crippen LogP) is 3.86. The molecule has 6 heteroatoms. The van der Waals surface area contributed by atoms with Gasteiger partial charge in [-0.05, 0) is 56.7 Å². The topological polar surface area (TPSA) is 45.7 Å². The zero-order chi connectivity index (χ0) is 16.9. The second-order valence-corrected chi connectivity index (χ2v) is 6.44. The fraction of sp³-hybridized carbons (Fsp3) is 0.611. The summed E-state index contributed by atoms with van der Waals surface area (Å²) in [5.41, 5.74) is 2.49. The van der Waals surface area contributed by atoms with Crippen LogP contribution in [0.25, 0.3) is 0 Å². The van der Waals surface area contributed by atoms with E-state index in [4.69, 9.17) is 4.74 Å². The standard InChI is InChI=1S/C18H31N3OS.HI/c1-5-19-18(20-11-6-7-13-23-4)21-12-10-16-14-15(2)8-9-17(16)22-3;/h8-9,14H,5-7,10-13H2,1-4H3,(H2,19,20,21);1H. The Labute approximate surface area is 168 Å². The highest BCUT2D eigenvalue weighted by Crippen LogP contribution is 2.19. The first kappa shape index (κ1) is 23.4.